The molecule has 0 aromatic heterocycles. The van der Waals surface area contributed by atoms with Gasteiger partial charge in [-0.25, -0.2) is 0 Å². The van der Waals surface area contributed by atoms with Crippen LogP contribution in [0.15, 0.2) is 0 Å². The third-order valence-corrected chi connectivity index (χ3v) is 0. The minimum Gasteiger partial charge on any atom is -0.672 e. The summed E-state index contributed by atoms with van der Waals surface area (Å²) in [7, 11) is -7.26. The molecule has 0 bridgehead atoms. The second-order valence-corrected chi connectivity index (χ2v) is 1.50. The van der Waals surface area contributed by atoms with E-state index in [-0.39, 0.29) is 66.3 Å². The van der Waals surface area contributed by atoms with Crippen LogP contribution in [0.4, 0.5) is 0 Å². The van der Waals surface area contributed by atoms with Crippen molar-refractivity contribution in [1.29, 1.82) is 0 Å². The topological polar surface area (TPSA) is 158 Å². The molecule has 0 amide bonds. The van der Waals surface area contributed by atoms with Crippen LogP contribution in [0.25, 0.3) is 0 Å². The van der Waals surface area contributed by atoms with E-state index >= 15 is 0 Å². The molecule has 56 valence electrons. The summed E-state index contributed by atoms with van der Waals surface area (Å²) in [6.07, 6.45) is 0. The predicted molar refractivity (Wildman–Crippen MR) is 28.0 cm³/mol. The molecule has 0 unspecified atom stereocenters. The standard InChI is InChI=1S/Ca.Mg.2O3Si.H2O/c;;2*1-4(2)3;/h;;;;1H2/q2*+2;2*-2;. The van der Waals surface area contributed by atoms with Crippen molar-refractivity contribution in [3.8, 4) is 0 Å². The minimum absolute atomic E-state index is 0. The zero-order valence-electron chi connectivity index (χ0n) is 5.36. The van der Waals surface area contributed by atoms with Gasteiger partial charge in [-0.15, -0.1) is 0 Å². The van der Waals surface area contributed by atoms with E-state index in [2.05, 4.69) is 0 Å². The van der Waals surface area contributed by atoms with Gasteiger partial charge in [0, 0.05) is 18.3 Å². The molecule has 0 spiro atoms. The minimum atomic E-state index is -3.63. The maximum Gasteiger partial charge on any atom is 2.00 e. The zero-order valence-corrected chi connectivity index (χ0v) is 11.0. The Morgan fingerprint density at radius 1 is 0.818 bits per heavy atom. The van der Waals surface area contributed by atoms with Gasteiger partial charge in [-0.1, -0.05) is 0 Å². The summed E-state index contributed by atoms with van der Waals surface area (Å²) < 4.78 is 17.0. The van der Waals surface area contributed by atoms with Gasteiger partial charge in [-0.05, 0) is 0 Å². The normalized spacial score (nSPS) is 4.36. The summed E-state index contributed by atoms with van der Waals surface area (Å²) in [5, 5.41) is 0. The first-order chi connectivity index (χ1) is 3.46. The van der Waals surface area contributed by atoms with Crippen LogP contribution in [0.5, 0.6) is 0 Å². The third kappa shape index (κ3) is 641. The third-order valence-electron chi connectivity index (χ3n) is 0. The van der Waals surface area contributed by atoms with Gasteiger partial charge in [-0.3, -0.25) is 0 Å². The summed E-state index contributed by atoms with van der Waals surface area (Å²) >= 11 is 0. The van der Waals surface area contributed by atoms with Crippen LogP contribution >= 0.6 is 0 Å². The second-order valence-electron chi connectivity index (χ2n) is 0.500. The quantitative estimate of drug-likeness (QED) is 0.379. The van der Waals surface area contributed by atoms with Crippen molar-refractivity contribution in [2.75, 3.05) is 0 Å². The fourth-order valence-corrected chi connectivity index (χ4v) is 0. The summed E-state index contributed by atoms with van der Waals surface area (Å²) in [6.45, 7) is 0. The van der Waals surface area contributed by atoms with E-state index in [9.17, 15) is 0 Å². The Morgan fingerprint density at radius 2 is 0.818 bits per heavy atom. The maximum absolute atomic E-state index is 8.52. The van der Waals surface area contributed by atoms with Gasteiger partial charge in [-0.2, -0.15) is 0 Å². The van der Waals surface area contributed by atoms with Crippen molar-refractivity contribution < 1.29 is 33.6 Å². The summed E-state index contributed by atoms with van der Waals surface area (Å²) in [5.74, 6) is 0. The molecular weight excluding hydrogens is 233 g/mol. The molecule has 11 heavy (non-hydrogen) atoms. The molecule has 0 rings (SSSR count). The van der Waals surface area contributed by atoms with Gasteiger partial charge in [0.1, 0.15) is 0 Å². The van der Waals surface area contributed by atoms with Crippen molar-refractivity contribution in [2.45, 2.75) is 0 Å². The Hall–Kier alpha value is 1.22. The molecule has 0 aromatic carbocycles. The largest absolute Gasteiger partial charge is 2.00 e. The first-order valence-electron chi connectivity index (χ1n) is 1.22. The smallest absolute Gasteiger partial charge is 0.672 e. The van der Waals surface area contributed by atoms with Crippen LogP contribution < -0.4 is 19.2 Å². The van der Waals surface area contributed by atoms with Crippen LogP contribution in [-0.4, -0.2) is 84.6 Å². The molecule has 11 heteroatoms. The monoisotopic (exact) mass is 234 g/mol. The van der Waals surface area contributed by atoms with Crippen molar-refractivity contribution in [3.05, 3.63) is 0 Å². The average molecular weight is 235 g/mol. The van der Waals surface area contributed by atoms with Gasteiger partial charge in [0.15, 0.2) is 0 Å². The first-order valence-corrected chi connectivity index (χ1v) is 3.67. The second kappa shape index (κ2) is 22.5. The van der Waals surface area contributed by atoms with Crippen LogP contribution in [0.3, 0.4) is 0 Å². The molecule has 0 aromatic rings. The average Bonchev–Trinajstić information content (AvgIpc) is 1.25. The van der Waals surface area contributed by atoms with Gasteiger partial charge in [0.2, 0.25) is 0 Å². The van der Waals surface area contributed by atoms with Gasteiger partial charge < -0.3 is 33.6 Å². The molecule has 0 radical (unpaired) electrons. The van der Waals surface area contributed by atoms with Crippen molar-refractivity contribution in [3.63, 3.8) is 0 Å². The number of hydrogen-bond acceptors (Lipinski definition) is 6. The molecule has 7 nitrogen and oxygen atoms in total. The van der Waals surface area contributed by atoms with Crippen molar-refractivity contribution >= 4 is 79.1 Å². The Bertz CT molecular complexity index is 74.4. The van der Waals surface area contributed by atoms with Gasteiger partial charge in [0.25, 0.3) is 0 Å². The molecule has 0 aliphatic carbocycles. The number of hydrogen-bond donors (Lipinski definition) is 0. The molecule has 0 saturated heterocycles. The molecule has 0 saturated carbocycles. The summed E-state index contributed by atoms with van der Waals surface area (Å²) in [4.78, 5) is 34.1. The molecule has 0 fully saturated rings. The van der Waals surface area contributed by atoms with Crippen molar-refractivity contribution in [1.82, 2.24) is 0 Å². The Kier molecular flexibility index (Phi) is 60.3. The van der Waals surface area contributed by atoms with Gasteiger partial charge in [0.05, 0.1) is 0 Å². The fourth-order valence-electron chi connectivity index (χ4n) is 0. The van der Waals surface area contributed by atoms with E-state index in [0.29, 0.717) is 0 Å². The molecular formula is H2CaMgO7Si2. The van der Waals surface area contributed by atoms with E-state index in [1.807, 2.05) is 0 Å². The Labute approximate surface area is 111 Å². The Morgan fingerprint density at radius 3 is 0.818 bits per heavy atom. The predicted octanol–water partition coefficient (Wildman–Crippen LogP) is -7.34. The molecule has 0 aliphatic rings. The summed E-state index contributed by atoms with van der Waals surface area (Å²) in [6, 6.07) is 0. The maximum atomic E-state index is 8.52. The van der Waals surface area contributed by atoms with Gasteiger partial charge >= 0.3 is 60.8 Å². The first kappa shape index (κ1) is 29.5. The van der Waals surface area contributed by atoms with E-state index in [1.54, 1.807) is 0 Å². The molecule has 2 N–H and O–H groups in total. The van der Waals surface area contributed by atoms with Crippen LogP contribution in [0, 0.1) is 0 Å². The number of rotatable bonds is 0. The molecule has 0 atom stereocenters. The van der Waals surface area contributed by atoms with E-state index in [4.69, 9.17) is 28.1 Å². The van der Waals surface area contributed by atoms with E-state index in [1.165, 1.54) is 0 Å². The Balaban J connectivity index is -0.0000000171. The molecule has 0 aliphatic heterocycles. The summed E-state index contributed by atoms with van der Waals surface area (Å²) in [5.41, 5.74) is 0. The zero-order chi connectivity index (χ0) is 7.15. The molecule has 0 heterocycles. The van der Waals surface area contributed by atoms with Crippen molar-refractivity contribution in [2.24, 2.45) is 0 Å². The van der Waals surface area contributed by atoms with Crippen LogP contribution in [0.2, 0.25) is 0 Å². The fraction of sp³-hybridized carbons (Fsp3) is 0. The SMILES string of the molecule is O.O=[Si]([O-])[O-].O=[Si]([O-])[O-].[Ca+2].[Mg+2]. The van der Waals surface area contributed by atoms with E-state index < -0.39 is 18.3 Å². The van der Waals surface area contributed by atoms with E-state index in [0.717, 1.165) is 0 Å². The van der Waals surface area contributed by atoms with Crippen LogP contribution in [-0.2, 0) is 8.92 Å². The van der Waals surface area contributed by atoms with Crippen LogP contribution in [0.1, 0.15) is 0 Å².